The topological polar surface area (TPSA) is 62.7 Å². The molecule has 2 aromatic carbocycles. The molecule has 0 atom stereocenters. The Kier molecular flexibility index (Phi) is 5.05. The van der Waals surface area contributed by atoms with Gasteiger partial charge in [-0.2, -0.15) is 10.1 Å². The molecule has 1 heterocycles. The number of hydrogen-bond donors (Lipinski definition) is 2. The van der Waals surface area contributed by atoms with E-state index >= 15 is 0 Å². The van der Waals surface area contributed by atoms with Crippen molar-refractivity contribution >= 4 is 45.0 Å². The molecule has 0 unspecified atom stereocenters. The van der Waals surface area contributed by atoms with Crippen LogP contribution < -0.4 is 10.6 Å². The quantitative estimate of drug-likeness (QED) is 0.664. The number of anilines is 3. The molecule has 3 aromatic rings. The predicted octanol–water partition coefficient (Wildman–Crippen LogP) is 4.64. The molecule has 0 saturated carbocycles. The fourth-order valence-corrected chi connectivity index (χ4v) is 2.40. The van der Waals surface area contributed by atoms with Crippen LogP contribution >= 0.6 is 27.5 Å². The van der Waals surface area contributed by atoms with E-state index in [9.17, 15) is 0 Å². The molecule has 0 aliphatic carbocycles. The van der Waals surface area contributed by atoms with Crippen LogP contribution in [0.3, 0.4) is 0 Å². The Labute approximate surface area is 147 Å². The van der Waals surface area contributed by atoms with Crippen molar-refractivity contribution < 1.29 is 0 Å². The maximum absolute atomic E-state index is 6.14. The average Bonchev–Trinajstić information content (AvgIpc) is 2.57. The third-order valence-corrected chi connectivity index (χ3v) is 3.97. The molecule has 3 rings (SSSR count). The molecule has 0 aliphatic rings. The molecule has 0 spiro atoms. The lowest BCUT2D eigenvalue weighted by atomic mass is 10.2. The number of benzene rings is 2. The van der Waals surface area contributed by atoms with Gasteiger partial charge in [0.05, 0.1) is 6.20 Å². The molecule has 7 heteroatoms. The maximum atomic E-state index is 6.14. The molecule has 0 amide bonds. The fourth-order valence-electron chi connectivity index (χ4n) is 1.93. The summed E-state index contributed by atoms with van der Waals surface area (Å²) in [6, 6.07) is 15.4. The second-order valence-electron chi connectivity index (χ2n) is 4.74. The molecule has 0 aliphatic heterocycles. The summed E-state index contributed by atoms with van der Waals surface area (Å²) in [6.45, 7) is 0.566. The summed E-state index contributed by atoms with van der Waals surface area (Å²) in [5, 5.41) is 15.0. The van der Waals surface area contributed by atoms with Crippen molar-refractivity contribution in [1.29, 1.82) is 0 Å². The first kappa shape index (κ1) is 15.7. The van der Waals surface area contributed by atoms with E-state index in [1.165, 1.54) is 0 Å². The summed E-state index contributed by atoms with van der Waals surface area (Å²) in [5.74, 6) is 1.05. The van der Waals surface area contributed by atoms with Gasteiger partial charge in [-0.1, -0.05) is 45.7 Å². The molecule has 116 valence electrons. The Morgan fingerprint density at radius 2 is 1.83 bits per heavy atom. The van der Waals surface area contributed by atoms with Crippen LogP contribution in [0, 0.1) is 0 Å². The van der Waals surface area contributed by atoms with Gasteiger partial charge in [0.2, 0.25) is 5.95 Å². The molecule has 0 bridgehead atoms. The third-order valence-electron chi connectivity index (χ3n) is 3.08. The standard InChI is InChI=1S/C16H13BrClN5/c17-12-5-7-13(8-6-12)21-16-22-15(10-20-23-16)19-9-11-3-1-2-4-14(11)18/h1-8,10H,9H2,(H2,19,21,22,23). The van der Waals surface area contributed by atoms with Crippen molar-refractivity contribution in [2.75, 3.05) is 10.6 Å². The second-order valence-corrected chi connectivity index (χ2v) is 6.06. The third kappa shape index (κ3) is 4.40. The first-order valence-electron chi connectivity index (χ1n) is 6.90. The van der Waals surface area contributed by atoms with Crippen LogP contribution in [0.5, 0.6) is 0 Å². The molecule has 1 aromatic heterocycles. The Hall–Kier alpha value is -2.18. The van der Waals surface area contributed by atoms with Crippen LogP contribution in [0.4, 0.5) is 17.5 Å². The lowest BCUT2D eigenvalue weighted by Crippen LogP contribution is -2.05. The van der Waals surface area contributed by atoms with E-state index in [2.05, 4.69) is 41.7 Å². The highest BCUT2D eigenvalue weighted by Gasteiger charge is 2.03. The van der Waals surface area contributed by atoms with Crippen molar-refractivity contribution in [3.63, 3.8) is 0 Å². The van der Waals surface area contributed by atoms with Crippen molar-refractivity contribution in [2.45, 2.75) is 6.54 Å². The molecular formula is C16H13BrClN5. The number of hydrogen-bond acceptors (Lipinski definition) is 5. The normalized spacial score (nSPS) is 10.3. The number of aromatic nitrogens is 3. The summed E-state index contributed by atoms with van der Waals surface area (Å²) >= 11 is 9.54. The summed E-state index contributed by atoms with van der Waals surface area (Å²) in [4.78, 5) is 4.38. The van der Waals surface area contributed by atoms with Crippen LogP contribution in [0.25, 0.3) is 0 Å². The fraction of sp³-hybridized carbons (Fsp3) is 0.0625. The van der Waals surface area contributed by atoms with Crippen LogP contribution in [0.2, 0.25) is 5.02 Å². The van der Waals surface area contributed by atoms with Crippen molar-refractivity contribution in [1.82, 2.24) is 15.2 Å². The zero-order valence-corrected chi connectivity index (χ0v) is 14.3. The number of rotatable bonds is 5. The van der Waals surface area contributed by atoms with Crippen molar-refractivity contribution in [3.8, 4) is 0 Å². The summed E-state index contributed by atoms with van der Waals surface area (Å²) in [6.07, 6.45) is 1.57. The van der Waals surface area contributed by atoms with E-state index in [4.69, 9.17) is 11.6 Å². The highest BCUT2D eigenvalue weighted by molar-refractivity contribution is 9.10. The first-order chi connectivity index (χ1) is 11.2. The molecule has 2 N–H and O–H groups in total. The van der Waals surface area contributed by atoms with E-state index in [0.717, 1.165) is 20.7 Å². The van der Waals surface area contributed by atoms with Crippen LogP contribution in [0.1, 0.15) is 5.56 Å². The highest BCUT2D eigenvalue weighted by atomic mass is 79.9. The van der Waals surface area contributed by atoms with Crippen molar-refractivity contribution in [2.24, 2.45) is 0 Å². The van der Waals surface area contributed by atoms with Crippen LogP contribution in [-0.2, 0) is 6.54 Å². The number of nitrogens with zero attached hydrogens (tertiary/aromatic N) is 3. The Bertz CT molecular complexity index is 794. The Balaban J connectivity index is 1.67. The van der Waals surface area contributed by atoms with Gasteiger partial charge in [0.1, 0.15) is 0 Å². The monoisotopic (exact) mass is 389 g/mol. The van der Waals surface area contributed by atoms with E-state index < -0.39 is 0 Å². The minimum atomic E-state index is 0.427. The molecule has 0 fully saturated rings. The Morgan fingerprint density at radius 3 is 2.61 bits per heavy atom. The second kappa shape index (κ2) is 7.39. The minimum absolute atomic E-state index is 0.427. The molecule has 5 nitrogen and oxygen atoms in total. The molecule has 0 radical (unpaired) electrons. The number of nitrogens with one attached hydrogen (secondary N) is 2. The number of halogens is 2. The van der Waals surface area contributed by atoms with Gasteiger partial charge in [0, 0.05) is 21.7 Å². The lowest BCUT2D eigenvalue weighted by molar-refractivity contribution is 0.966. The molecule has 0 saturated heterocycles. The van der Waals surface area contributed by atoms with Gasteiger partial charge >= 0.3 is 0 Å². The summed E-state index contributed by atoms with van der Waals surface area (Å²) < 4.78 is 1.01. The van der Waals surface area contributed by atoms with Gasteiger partial charge in [-0.25, -0.2) is 0 Å². The van der Waals surface area contributed by atoms with Gasteiger partial charge in [0.15, 0.2) is 5.82 Å². The van der Waals surface area contributed by atoms with E-state index in [1.807, 2.05) is 48.5 Å². The van der Waals surface area contributed by atoms with Crippen molar-refractivity contribution in [3.05, 3.63) is 69.8 Å². The van der Waals surface area contributed by atoms with Gasteiger partial charge < -0.3 is 10.6 Å². The smallest absolute Gasteiger partial charge is 0.249 e. The zero-order valence-electron chi connectivity index (χ0n) is 12.0. The van der Waals surface area contributed by atoms with Crippen LogP contribution in [-0.4, -0.2) is 15.2 Å². The summed E-state index contributed by atoms with van der Waals surface area (Å²) in [5.41, 5.74) is 1.88. The maximum Gasteiger partial charge on any atom is 0.249 e. The van der Waals surface area contributed by atoms with Gasteiger partial charge in [-0.15, -0.1) is 5.10 Å². The van der Waals surface area contributed by atoms with Gasteiger partial charge in [0.25, 0.3) is 0 Å². The SMILES string of the molecule is Clc1ccccc1CNc1cnnc(Nc2ccc(Br)cc2)n1. The highest BCUT2D eigenvalue weighted by Crippen LogP contribution is 2.18. The minimum Gasteiger partial charge on any atom is -0.364 e. The lowest BCUT2D eigenvalue weighted by Gasteiger charge is -2.08. The van der Waals surface area contributed by atoms with Gasteiger partial charge in [-0.3, -0.25) is 0 Å². The largest absolute Gasteiger partial charge is 0.364 e. The summed E-state index contributed by atoms with van der Waals surface area (Å²) in [7, 11) is 0. The molecule has 23 heavy (non-hydrogen) atoms. The van der Waals surface area contributed by atoms with Gasteiger partial charge in [-0.05, 0) is 35.9 Å². The molecular weight excluding hydrogens is 378 g/mol. The average molecular weight is 391 g/mol. The van der Waals surface area contributed by atoms with E-state index in [-0.39, 0.29) is 0 Å². The first-order valence-corrected chi connectivity index (χ1v) is 8.07. The van der Waals surface area contributed by atoms with Crippen LogP contribution in [0.15, 0.2) is 59.2 Å². The zero-order chi connectivity index (χ0) is 16.1. The predicted molar refractivity (Wildman–Crippen MR) is 96.0 cm³/mol. The van der Waals surface area contributed by atoms with E-state index in [0.29, 0.717) is 18.3 Å². The van der Waals surface area contributed by atoms with E-state index in [1.54, 1.807) is 6.20 Å². The Morgan fingerprint density at radius 1 is 1.04 bits per heavy atom.